The van der Waals surface area contributed by atoms with Gasteiger partial charge in [0.2, 0.25) is 5.13 Å². The Morgan fingerprint density at radius 2 is 2.11 bits per heavy atom. The monoisotopic (exact) mass is 287 g/mol. The summed E-state index contributed by atoms with van der Waals surface area (Å²) in [7, 11) is -0.0306. The van der Waals surface area contributed by atoms with Gasteiger partial charge in [-0.05, 0) is 0 Å². The second-order valence-corrected chi connectivity index (χ2v) is 6.76. The summed E-state index contributed by atoms with van der Waals surface area (Å²) in [5.74, 6) is 0.390. The van der Waals surface area contributed by atoms with E-state index in [4.69, 9.17) is 5.73 Å². The summed E-state index contributed by atoms with van der Waals surface area (Å²) in [6.07, 6.45) is 2.72. The zero-order valence-corrected chi connectivity index (χ0v) is 11.8. The second kappa shape index (κ2) is 4.25. The Morgan fingerprint density at radius 3 is 2.50 bits per heavy atom. The quantitative estimate of drug-likeness (QED) is 0.877. The minimum absolute atomic E-state index is 0.0303. The maximum Gasteiger partial charge on any atom is 0.212 e. The molecule has 0 spiro atoms. The van der Waals surface area contributed by atoms with Crippen molar-refractivity contribution >= 4 is 32.8 Å². The van der Waals surface area contributed by atoms with E-state index in [0.717, 1.165) is 6.26 Å². The highest BCUT2D eigenvalue weighted by atomic mass is 32.2. The average molecular weight is 287 g/mol. The van der Waals surface area contributed by atoms with Crippen LogP contribution in [0.2, 0.25) is 0 Å². The molecule has 0 amide bonds. The van der Waals surface area contributed by atoms with Crippen LogP contribution in [0.4, 0.5) is 11.6 Å². The van der Waals surface area contributed by atoms with Gasteiger partial charge in [-0.15, -0.1) is 16.4 Å². The van der Waals surface area contributed by atoms with E-state index in [1.54, 1.807) is 30.6 Å². The molecule has 2 N–H and O–H groups in total. The highest BCUT2D eigenvalue weighted by Gasteiger charge is 2.26. The number of nitrogens with two attached hydrogens (primary N) is 1. The molecular formula is C9H13N5O2S2. The van der Waals surface area contributed by atoms with Crippen LogP contribution in [0.1, 0.15) is 0 Å². The van der Waals surface area contributed by atoms with Gasteiger partial charge in [0, 0.05) is 31.9 Å². The molecular weight excluding hydrogens is 274 g/mol. The van der Waals surface area contributed by atoms with Crippen molar-refractivity contribution in [1.29, 1.82) is 0 Å². The highest BCUT2D eigenvalue weighted by molar-refractivity contribution is 7.91. The van der Waals surface area contributed by atoms with Gasteiger partial charge < -0.3 is 10.6 Å². The van der Waals surface area contributed by atoms with Gasteiger partial charge in [-0.25, -0.2) is 13.4 Å². The van der Waals surface area contributed by atoms with Gasteiger partial charge in [0.25, 0.3) is 0 Å². The molecule has 0 saturated heterocycles. The van der Waals surface area contributed by atoms with Crippen LogP contribution in [0.25, 0.3) is 5.13 Å². The molecule has 0 radical (unpaired) electrons. The van der Waals surface area contributed by atoms with E-state index in [9.17, 15) is 8.42 Å². The lowest BCUT2D eigenvalue weighted by Crippen LogP contribution is -2.13. The van der Waals surface area contributed by atoms with Crippen LogP contribution in [0.5, 0.6) is 0 Å². The fourth-order valence-corrected chi connectivity index (χ4v) is 3.14. The van der Waals surface area contributed by atoms with Crippen molar-refractivity contribution in [2.24, 2.45) is 0 Å². The smallest absolute Gasteiger partial charge is 0.212 e. The highest BCUT2D eigenvalue weighted by Crippen LogP contribution is 2.31. The number of sulfone groups is 1. The summed E-state index contributed by atoms with van der Waals surface area (Å²) in [4.78, 5) is 5.71. The lowest BCUT2D eigenvalue weighted by Gasteiger charge is -2.09. The Hall–Kier alpha value is -1.61. The van der Waals surface area contributed by atoms with E-state index in [1.807, 2.05) is 0 Å². The minimum atomic E-state index is -3.45. The molecule has 2 heterocycles. The van der Waals surface area contributed by atoms with Crippen molar-refractivity contribution in [2.75, 3.05) is 31.0 Å². The maximum absolute atomic E-state index is 11.8. The summed E-state index contributed by atoms with van der Waals surface area (Å²) < 4.78 is 24.9. The third-order valence-corrected chi connectivity index (χ3v) is 4.13. The summed E-state index contributed by atoms with van der Waals surface area (Å²) >= 11 is 1.33. The number of aromatic nitrogens is 3. The largest absolute Gasteiger partial charge is 0.382 e. The molecule has 98 valence electrons. The van der Waals surface area contributed by atoms with Crippen LogP contribution < -0.4 is 10.6 Å². The zero-order valence-electron chi connectivity index (χ0n) is 10.2. The summed E-state index contributed by atoms with van der Waals surface area (Å²) in [6, 6.07) is 0. The molecule has 0 unspecified atom stereocenters. The normalized spacial score (nSPS) is 11.7. The molecule has 0 fully saturated rings. The summed E-state index contributed by atoms with van der Waals surface area (Å²) in [6.45, 7) is 0. The topological polar surface area (TPSA) is 94.1 Å². The van der Waals surface area contributed by atoms with Crippen molar-refractivity contribution in [3.63, 3.8) is 0 Å². The van der Waals surface area contributed by atoms with Gasteiger partial charge in [-0.1, -0.05) is 0 Å². The molecule has 7 nitrogen and oxygen atoms in total. The Balaban J connectivity index is 2.74. The number of nitrogens with zero attached hydrogens (tertiary/aromatic N) is 4. The predicted molar refractivity (Wildman–Crippen MR) is 71.1 cm³/mol. The number of nitrogen functional groups attached to an aromatic ring is 1. The second-order valence-electron chi connectivity index (χ2n) is 3.93. The number of anilines is 2. The van der Waals surface area contributed by atoms with Gasteiger partial charge in [-0.3, -0.25) is 0 Å². The Morgan fingerprint density at radius 1 is 1.44 bits per heavy atom. The fraction of sp³-hybridized carbons (Fsp3) is 0.333. The van der Waals surface area contributed by atoms with Crippen LogP contribution in [-0.2, 0) is 9.84 Å². The first-order chi connectivity index (χ1) is 8.32. The summed E-state index contributed by atoms with van der Waals surface area (Å²) in [5, 5.41) is 6.51. The Kier molecular flexibility index (Phi) is 3.03. The Labute approximate surface area is 109 Å². The molecule has 2 aromatic heterocycles. The molecule has 2 rings (SSSR count). The first kappa shape index (κ1) is 12.8. The lowest BCUT2D eigenvalue weighted by molar-refractivity contribution is 0.602. The number of hydrogen-bond acceptors (Lipinski definition) is 7. The van der Waals surface area contributed by atoms with Crippen molar-refractivity contribution in [2.45, 2.75) is 4.90 Å². The number of thiazole rings is 1. The lowest BCUT2D eigenvalue weighted by atomic mass is 10.5. The first-order valence-electron chi connectivity index (χ1n) is 4.98. The van der Waals surface area contributed by atoms with Crippen molar-refractivity contribution in [3.05, 3.63) is 11.6 Å². The van der Waals surface area contributed by atoms with Crippen LogP contribution in [0, 0.1) is 0 Å². The maximum atomic E-state index is 11.8. The molecule has 0 aliphatic carbocycles. The molecule has 9 heteroatoms. The Bertz CT molecular complexity index is 657. The minimum Gasteiger partial charge on any atom is -0.382 e. The van der Waals surface area contributed by atoms with Gasteiger partial charge >= 0.3 is 0 Å². The third kappa shape index (κ3) is 2.06. The fourth-order valence-electron chi connectivity index (χ4n) is 1.52. The predicted octanol–water partition coefficient (Wildman–Crippen LogP) is 0.380. The van der Waals surface area contributed by atoms with E-state index in [0.29, 0.717) is 10.9 Å². The van der Waals surface area contributed by atoms with Crippen LogP contribution in [0.15, 0.2) is 16.5 Å². The van der Waals surface area contributed by atoms with Gasteiger partial charge in [0.05, 0.1) is 0 Å². The molecule has 0 atom stereocenters. The van der Waals surface area contributed by atoms with Crippen molar-refractivity contribution < 1.29 is 8.42 Å². The summed E-state index contributed by atoms with van der Waals surface area (Å²) in [5.41, 5.74) is 5.88. The van der Waals surface area contributed by atoms with E-state index >= 15 is 0 Å². The van der Waals surface area contributed by atoms with Gasteiger partial charge in [0.1, 0.15) is 0 Å². The van der Waals surface area contributed by atoms with Crippen molar-refractivity contribution in [3.8, 4) is 5.13 Å². The number of rotatable bonds is 3. The first-order valence-corrected chi connectivity index (χ1v) is 7.75. The molecule has 0 bridgehead atoms. The average Bonchev–Trinajstić information content (AvgIpc) is 2.81. The van der Waals surface area contributed by atoms with Crippen LogP contribution in [0.3, 0.4) is 0 Å². The van der Waals surface area contributed by atoms with E-state index in [-0.39, 0.29) is 10.7 Å². The van der Waals surface area contributed by atoms with Gasteiger partial charge in [0.15, 0.2) is 26.4 Å². The molecule has 18 heavy (non-hydrogen) atoms. The standard InChI is InChI=1S/C9H13N5O2S2/c1-13(2)8-6(18(3,15)16)7(10)14(12-8)9-11-4-5-17-9/h4-5H,10H2,1-3H3. The van der Waals surface area contributed by atoms with Crippen LogP contribution in [-0.4, -0.2) is 43.5 Å². The SMILES string of the molecule is CN(C)c1nn(-c2nccs2)c(N)c1S(C)(=O)=O. The van der Waals surface area contributed by atoms with Crippen molar-refractivity contribution in [1.82, 2.24) is 14.8 Å². The number of hydrogen-bond donors (Lipinski definition) is 1. The molecule has 0 aliphatic rings. The van der Waals surface area contributed by atoms with E-state index < -0.39 is 9.84 Å². The molecule has 0 aliphatic heterocycles. The van der Waals surface area contributed by atoms with E-state index in [2.05, 4.69) is 10.1 Å². The van der Waals surface area contributed by atoms with Crippen LogP contribution >= 0.6 is 11.3 Å². The zero-order chi connectivity index (χ0) is 13.5. The third-order valence-electron chi connectivity index (χ3n) is 2.25. The molecule has 0 aromatic carbocycles. The molecule has 0 saturated carbocycles. The molecule has 2 aromatic rings. The van der Waals surface area contributed by atoms with Gasteiger partial charge in [-0.2, -0.15) is 4.68 Å². The van der Waals surface area contributed by atoms with E-state index in [1.165, 1.54) is 16.0 Å².